The molecule has 0 spiro atoms. The third kappa shape index (κ3) is 2.51. The van der Waals surface area contributed by atoms with Crippen molar-refractivity contribution in [2.75, 3.05) is 0 Å². The van der Waals surface area contributed by atoms with E-state index in [9.17, 15) is 0 Å². The van der Waals surface area contributed by atoms with E-state index < -0.39 is 0 Å². The first-order valence-electron chi connectivity index (χ1n) is 5.85. The molecule has 0 aliphatic rings. The lowest BCUT2D eigenvalue weighted by molar-refractivity contribution is 0.291. The van der Waals surface area contributed by atoms with E-state index in [1.807, 2.05) is 12.1 Å². The molecule has 0 aliphatic heterocycles. The molecule has 18 heavy (non-hydrogen) atoms. The predicted molar refractivity (Wildman–Crippen MR) is 68.1 cm³/mol. The van der Waals surface area contributed by atoms with Gasteiger partial charge in [0.1, 0.15) is 18.4 Å². The summed E-state index contributed by atoms with van der Waals surface area (Å²) in [5.74, 6) is 0.608. The highest BCUT2D eigenvalue weighted by Gasteiger charge is 2.07. The number of imidazole rings is 1. The maximum Gasteiger partial charge on any atom is 0.137 e. The van der Waals surface area contributed by atoms with E-state index in [2.05, 4.69) is 29.5 Å². The summed E-state index contributed by atoms with van der Waals surface area (Å²) >= 11 is 0. The Morgan fingerprint density at radius 1 is 1.39 bits per heavy atom. The van der Waals surface area contributed by atoms with E-state index in [1.165, 1.54) is 0 Å². The molecule has 4 heteroatoms. The van der Waals surface area contributed by atoms with Crippen LogP contribution in [0.1, 0.15) is 31.1 Å². The minimum Gasteiger partial charge on any atom is -0.486 e. The summed E-state index contributed by atoms with van der Waals surface area (Å²) in [6.45, 7) is 4.60. The van der Waals surface area contributed by atoms with Gasteiger partial charge in [0, 0.05) is 6.04 Å². The molecule has 0 atom stereocenters. The maximum atomic E-state index is 8.97. The van der Waals surface area contributed by atoms with Crippen LogP contribution in [-0.4, -0.2) is 9.55 Å². The first kappa shape index (κ1) is 12.2. The number of para-hydroxylation sites is 1. The van der Waals surface area contributed by atoms with E-state index >= 15 is 0 Å². The van der Waals surface area contributed by atoms with Gasteiger partial charge in [-0.15, -0.1) is 0 Å². The second-order valence-electron chi connectivity index (χ2n) is 4.28. The second kappa shape index (κ2) is 5.37. The van der Waals surface area contributed by atoms with Crippen LogP contribution in [0.25, 0.3) is 0 Å². The van der Waals surface area contributed by atoms with Crippen molar-refractivity contribution in [2.24, 2.45) is 0 Å². The fourth-order valence-corrected chi connectivity index (χ4v) is 1.75. The number of aromatic nitrogens is 2. The van der Waals surface area contributed by atoms with Gasteiger partial charge in [-0.3, -0.25) is 0 Å². The number of rotatable bonds is 4. The summed E-state index contributed by atoms with van der Waals surface area (Å²) in [7, 11) is 0. The summed E-state index contributed by atoms with van der Waals surface area (Å²) in [5, 5.41) is 8.97. The van der Waals surface area contributed by atoms with Crippen LogP contribution in [0.3, 0.4) is 0 Å². The largest absolute Gasteiger partial charge is 0.486 e. The molecule has 1 aromatic carbocycles. The smallest absolute Gasteiger partial charge is 0.137 e. The van der Waals surface area contributed by atoms with Gasteiger partial charge in [0.2, 0.25) is 0 Å². The Morgan fingerprint density at radius 3 is 2.89 bits per heavy atom. The molecular formula is C14H15N3O. The quantitative estimate of drug-likeness (QED) is 0.827. The molecular weight excluding hydrogens is 226 g/mol. The average molecular weight is 241 g/mol. The van der Waals surface area contributed by atoms with Crippen LogP contribution in [-0.2, 0) is 6.61 Å². The van der Waals surface area contributed by atoms with Crippen LogP contribution in [0.2, 0.25) is 0 Å². The number of hydrogen-bond donors (Lipinski definition) is 0. The third-order valence-electron chi connectivity index (χ3n) is 2.69. The van der Waals surface area contributed by atoms with Crippen molar-refractivity contribution in [3.05, 3.63) is 48.0 Å². The predicted octanol–water partition coefficient (Wildman–Crippen LogP) is 2.91. The van der Waals surface area contributed by atoms with Crippen molar-refractivity contribution in [1.82, 2.24) is 9.55 Å². The number of hydrogen-bond acceptors (Lipinski definition) is 3. The van der Waals surface area contributed by atoms with Gasteiger partial charge in [-0.25, -0.2) is 4.98 Å². The summed E-state index contributed by atoms with van der Waals surface area (Å²) in [6, 6.07) is 9.69. The Hall–Kier alpha value is -2.28. The lowest BCUT2D eigenvalue weighted by atomic mass is 10.2. The van der Waals surface area contributed by atoms with Gasteiger partial charge in [-0.05, 0) is 26.0 Å². The lowest BCUT2D eigenvalue weighted by Crippen LogP contribution is -2.07. The number of ether oxygens (including phenoxy) is 1. The van der Waals surface area contributed by atoms with Gasteiger partial charge >= 0.3 is 0 Å². The Balaban J connectivity index is 2.12. The monoisotopic (exact) mass is 241 g/mol. The van der Waals surface area contributed by atoms with E-state index in [4.69, 9.17) is 10.00 Å². The van der Waals surface area contributed by atoms with E-state index in [1.54, 1.807) is 24.7 Å². The second-order valence-corrected chi connectivity index (χ2v) is 4.28. The van der Waals surface area contributed by atoms with Gasteiger partial charge in [0.05, 0.1) is 23.8 Å². The van der Waals surface area contributed by atoms with Gasteiger partial charge < -0.3 is 9.30 Å². The summed E-state index contributed by atoms with van der Waals surface area (Å²) in [4.78, 5) is 4.12. The Kier molecular flexibility index (Phi) is 3.63. The molecule has 0 N–H and O–H groups in total. The van der Waals surface area contributed by atoms with Crippen LogP contribution in [0.15, 0.2) is 36.8 Å². The van der Waals surface area contributed by atoms with Crippen molar-refractivity contribution in [2.45, 2.75) is 26.5 Å². The normalized spacial score (nSPS) is 10.3. The maximum absolute atomic E-state index is 8.97. The molecule has 1 aromatic heterocycles. The van der Waals surface area contributed by atoms with Crippen molar-refractivity contribution >= 4 is 0 Å². The first-order valence-corrected chi connectivity index (χ1v) is 5.85. The zero-order valence-corrected chi connectivity index (χ0v) is 10.5. The SMILES string of the molecule is CC(C)n1cncc1COc1ccccc1C#N. The molecule has 0 unspecified atom stereocenters. The molecule has 0 saturated carbocycles. The van der Waals surface area contributed by atoms with Crippen molar-refractivity contribution < 1.29 is 4.74 Å². The van der Waals surface area contributed by atoms with Crippen molar-refractivity contribution in [3.8, 4) is 11.8 Å². The molecule has 2 aromatic rings. The molecule has 4 nitrogen and oxygen atoms in total. The molecule has 0 saturated heterocycles. The molecule has 92 valence electrons. The molecule has 2 rings (SSSR count). The van der Waals surface area contributed by atoms with Crippen molar-refractivity contribution in [1.29, 1.82) is 5.26 Å². The third-order valence-corrected chi connectivity index (χ3v) is 2.69. The minimum atomic E-state index is 0.345. The summed E-state index contributed by atoms with van der Waals surface area (Å²) in [5.41, 5.74) is 1.55. The number of benzene rings is 1. The highest BCUT2D eigenvalue weighted by atomic mass is 16.5. The van der Waals surface area contributed by atoms with Crippen LogP contribution in [0.4, 0.5) is 0 Å². The molecule has 0 aliphatic carbocycles. The molecule has 1 heterocycles. The summed E-state index contributed by atoms with van der Waals surface area (Å²) in [6.07, 6.45) is 3.58. The first-order chi connectivity index (χ1) is 8.72. The number of nitrogens with zero attached hydrogens (tertiary/aromatic N) is 3. The van der Waals surface area contributed by atoms with Crippen LogP contribution < -0.4 is 4.74 Å². The van der Waals surface area contributed by atoms with Gasteiger partial charge in [0.15, 0.2) is 0 Å². The van der Waals surface area contributed by atoms with Crippen LogP contribution >= 0.6 is 0 Å². The molecule has 0 amide bonds. The topological polar surface area (TPSA) is 50.8 Å². The van der Waals surface area contributed by atoms with Crippen LogP contribution in [0, 0.1) is 11.3 Å². The molecule has 0 radical (unpaired) electrons. The average Bonchev–Trinajstić information content (AvgIpc) is 2.85. The highest BCUT2D eigenvalue weighted by Crippen LogP contribution is 2.18. The highest BCUT2D eigenvalue weighted by molar-refractivity contribution is 5.42. The Bertz CT molecular complexity index is 566. The van der Waals surface area contributed by atoms with E-state index in [0.29, 0.717) is 24.0 Å². The van der Waals surface area contributed by atoms with Crippen molar-refractivity contribution in [3.63, 3.8) is 0 Å². The Morgan fingerprint density at radius 2 is 2.17 bits per heavy atom. The van der Waals surface area contributed by atoms with E-state index in [0.717, 1.165) is 5.69 Å². The standard InChI is InChI=1S/C14H15N3O/c1-11(2)17-10-16-8-13(17)9-18-14-6-4-3-5-12(14)7-15/h3-6,8,10-11H,9H2,1-2H3. The summed E-state index contributed by atoms with van der Waals surface area (Å²) < 4.78 is 7.73. The zero-order valence-electron chi connectivity index (χ0n) is 10.5. The fourth-order valence-electron chi connectivity index (χ4n) is 1.75. The van der Waals surface area contributed by atoms with E-state index in [-0.39, 0.29) is 0 Å². The number of nitriles is 1. The molecule has 0 bridgehead atoms. The fraction of sp³-hybridized carbons (Fsp3) is 0.286. The Labute approximate surface area is 106 Å². The van der Waals surface area contributed by atoms with Crippen LogP contribution in [0.5, 0.6) is 5.75 Å². The molecule has 0 fully saturated rings. The van der Waals surface area contributed by atoms with Gasteiger partial charge in [-0.2, -0.15) is 5.26 Å². The van der Waals surface area contributed by atoms with Gasteiger partial charge in [0.25, 0.3) is 0 Å². The lowest BCUT2D eigenvalue weighted by Gasteiger charge is -2.13. The van der Waals surface area contributed by atoms with Gasteiger partial charge in [-0.1, -0.05) is 12.1 Å². The minimum absolute atomic E-state index is 0.345. The zero-order chi connectivity index (χ0) is 13.0.